The average Bonchev–Trinajstić information content (AvgIpc) is 2.72. The summed E-state index contributed by atoms with van der Waals surface area (Å²) in [5.41, 5.74) is 11.1. The molecular formula is C20H37N5O8. The van der Waals surface area contributed by atoms with Gasteiger partial charge in [-0.25, -0.2) is 4.79 Å². The highest BCUT2D eigenvalue weighted by atomic mass is 16.4. The van der Waals surface area contributed by atoms with Crippen LogP contribution in [0.15, 0.2) is 0 Å². The van der Waals surface area contributed by atoms with E-state index in [9.17, 15) is 34.2 Å². The van der Waals surface area contributed by atoms with Crippen LogP contribution in [0.3, 0.4) is 0 Å². The lowest BCUT2D eigenvalue weighted by Gasteiger charge is -2.26. The fraction of sp³-hybridized carbons (Fsp3) is 0.750. The van der Waals surface area contributed by atoms with Crippen LogP contribution in [0.1, 0.15) is 52.9 Å². The van der Waals surface area contributed by atoms with Crippen molar-refractivity contribution >= 4 is 29.7 Å². The van der Waals surface area contributed by atoms with Gasteiger partial charge in [-0.05, 0) is 45.1 Å². The van der Waals surface area contributed by atoms with Crippen molar-refractivity contribution in [2.45, 2.75) is 83.1 Å². The zero-order valence-corrected chi connectivity index (χ0v) is 19.2. The normalized spacial score (nSPS) is 15.6. The standard InChI is InChI=1S/C20H37N5O8/c1-10(2)16(20(32)33)25-18(30)13(7-8-14(27)28)23-17(29)12(6-4-5-9-21)24-19(31)15(22)11(3)26/h10-13,15-16,26H,4-9,21-22H2,1-3H3,(H,23,29)(H,24,31)(H,25,30)(H,27,28)(H,32,33). The highest BCUT2D eigenvalue weighted by Crippen LogP contribution is 2.07. The van der Waals surface area contributed by atoms with Crippen LogP contribution < -0.4 is 27.4 Å². The summed E-state index contributed by atoms with van der Waals surface area (Å²) in [6.07, 6.45) is -0.768. The van der Waals surface area contributed by atoms with Crippen LogP contribution in [-0.2, 0) is 24.0 Å². The molecular weight excluding hydrogens is 438 g/mol. The summed E-state index contributed by atoms with van der Waals surface area (Å²) in [6, 6.07) is -5.02. The fourth-order valence-electron chi connectivity index (χ4n) is 2.82. The zero-order chi connectivity index (χ0) is 25.7. The maximum absolute atomic E-state index is 12.9. The molecule has 0 aromatic heterocycles. The molecule has 0 saturated heterocycles. The minimum atomic E-state index is -1.35. The number of carbonyl (C=O) groups is 5. The average molecular weight is 476 g/mol. The Kier molecular flexibility index (Phi) is 13.9. The smallest absolute Gasteiger partial charge is 0.326 e. The Morgan fingerprint density at radius 2 is 1.33 bits per heavy atom. The van der Waals surface area contributed by atoms with E-state index < -0.39 is 72.3 Å². The van der Waals surface area contributed by atoms with Crippen molar-refractivity contribution in [3.8, 4) is 0 Å². The van der Waals surface area contributed by atoms with Crippen LogP contribution in [0, 0.1) is 5.92 Å². The summed E-state index contributed by atoms with van der Waals surface area (Å²) in [5.74, 6) is -5.38. The monoisotopic (exact) mass is 475 g/mol. The van der Waals surface area contributed by atoms with Crippen molar-refractivity contribution < 1.29 is 39.3 Å². The molecule has 0 bridgehead atoms. The summed E-state index contributed by atoms with van der Waals surface area (Å²) < 4.78 is 0. The van der Waals surface area contributed by atoms with E-state index in [1.165, 1.54) is 6.92 Å². The van der Waals surface area contributed by atoms with E-state index in [0.717, 1.165) is 0 Å². The first-order valence-electron chi connectivity index (χ1n) is 10.8. The minimum Gasteiger partial charge on any atom is -0.481 e. The van der Waals surface area contributed by atoms with Crippen LogP contribution in [0.5, 0.6) is 0 Å². The number of aliphatic hydroxyl groups excluding tert-OH is 1. The second kappa shape index (κ2) is 15.1. The summed E-state index contributed by atoms with van der Waals surface area (Å²) >= 11 is 0. The van der Waals surface area contributed by atoms with Gasteiger partial charge >= 0.3 is 11.9 Å². The molecule has 0 fully saturated rings. The number of hydrogen-bond donors (Lipinski definition) is 8. The number of unbranched alkanes of at least 4 members (excludes halogenated alkanes) is 1. The largest absolute Gasteiger partial charge is 0.481 e. The molecule has 0 aliphatic carbocycles. The Labute approximate surface area is 192 Å². The zero-order valence-electron chi connectivity index (χ0n) is 19.2. The number of carbonyl (C=O) groups excluding carboxylic acids is 3. The molecule has 5 atom stereocenters. The third-order valence-corrected chi connectivity index (χ3v) is 4.91. The maximum atomic E-state index is 12.9. The summed E-state index contributed by atoms with van der Waals surface area (Å²) in [4.78, 5) is 60.2. The molecule has 13 heteroatoms. The van der Waals surface area contributed by atoms with Gasteiger partial charge in [0.15, 0.2) is 0 Å². The van der Waals surface area contributed by atoms with E-state index in [1.807, 2.05) is 0 Å². The molecule has 10 N–H and O–H groups in total. The van der Waals surface area contributed by atoms with Gasteiger partial charge in [0.05, 0.1) is 6.10 Å². The van der Waals surface area contributed by atoms with Gasteiger partial charge in [0.2, 0.25) is 17.7 Å². The van der Waals surface area contributed by atoms with Crippen molar-refractivity contribution in [1.82, 2.24) is 16.0 Å². The summed E-state index contributed by atoms with van der Waals surface area (Å²) in [5, 5.41) is 34.9. The number of aliphatic hydroxyl groups is 1. The van der Waals surface area contributed by atoms with Crippen molar-refractivity contribution in [1.29, 1.82) is 0 Å². The molecule has 0 heterocycles. The van der Waals surface area contributed by atoms with Crippen molar-refractivity contribution in [2.24, 2.45) is 17.4 Å². The lowest BCUT2D eigenvalue weighted by molar-refractivity contribution is -0.144. The second-order valence-corrected chi connectivity index (χ2v) is 8.17. The van der Waals surface area contributed by atoms with Gasteiger partial charge in [0, 0.05) is 6.42 Å². The highest BCUT2D eigenvalue weighted by molar-refractivity contribution is 5.94. The predicted molar refractivity (Wildman–Crippen MR) is 118 cm³/mol. The molecule has 13 nitrogen and oxygen atoms in total. The van der Waals surface area contributed by atoms with Gasteiger partial charge in [-0.15, -0.1) is 0 Å². The molecule has 0 aromatic rings. The van der Waals surface area contributed by atoms with Gasteiger partial charge in [-0.2, -0.15) is 0 Å². The van der Waals surface area contributed by atoms with Crippen LogP contribution in [0.2, 0.25) is 0 Å². The van der Waals surface area contributed by atoms with Crippen molar-refractivity contribution in [2.75, 3.05) is 6.54 Å². The molecule has 0 spiro atoms. The van der Waals surface area contributed by atoms with Gasteiger partial charge in [0.25, 0.3) is 0 Å². The molecule has 0 aliphatic rings. The van der Waals surface area contributed by atoms with E-state index in [4.69, 9.17) is 16.6 Å². The number of nitrogens with two attached hydrogens (primary N) is 2. The molecule has 5 unspecified atom stereocenters. The van der Waals surface area contributed by atoms with Gasteiger partial charge in [-0.3, -0.25) is 19.2 Å². The Bertz CT molecular complexity index is 685. The lowest BCUT2D eigenvalue weighted by atomic mass is 10.0. The van der Waals surface area contributed by atoms with Crippen molar-refractivity contribution in [3.63, 3.8) is 0 Å². The van der Waals surface area contributed by atoms with E-state index in [1.54, 1.807) is 13.8 Å². The Morgan fingerprint density at radius 3 is 1.79 bits per heavy atom. The van der Waals surface area contributed by atoms with E-state index in [0.29, 0.717) is 19.4 Å². The molecule has 0 aliphatic heterocycles. The van der Waals surface area contributed by atoms with Gasteiger partial charge in [-0.1, -0.05) is 13.8 Å². The summed E-state index contributed by atoms with van der Waals surface area (Å²) in [7, 11) is 0. The first-order chi connectivity index (χ1) is 15.3. The maximum Gasteiger partial charge on any atom is 0.326 e. The molecule has 0 aromatic carbocycles. The fourth-order valence-corrected chi connectivity index (χ4v) is 2.82. The van der Waals surface area contributed by atoms with Crippen LogP contribution in [0.25, 0.3) is 0 Å². The van der Waals surface area contributed by atoms with Crippen LogP contribution >= 0.6 is 0 Å². The molecule has 0 radical (unpaired) electrons. The first kappa shape index (κ1) is 30.2. The molecule has 33 heavy (non-hydrogen) atoms. The molecule has 0 saturated carbocycles. The SMILES string of the molecule is CC(C)C(NC(=O)C(CCC(=O)O)NC(=O)C(CCCCN)NC(=O)C(N)C(C)O)C(=O)O. The molecule has 190 valence electrons. The summed E-state index contributed by atoms with van der Waals surface area (Å²) in [6.45, 7) is 4.83. The minimum absolute atomic E-state index is 0.151. The number of hydrogen-bond acceptors (Lipinski definition) is 8. The van der Waals surface area contributed by atoms with E-state index >= 15 is 0 Å². The van der Waals surface area contributed by atoms with E-state index in [2.05, 4.69) is 16.0 Å². The second-order valence-electron chi connectivity index (χ2n) is 8.17. The van der Waals surface area contributed by atoms with Crippen LogP contribution in [-0.4, -0.2) is 81.8 Å². The topological polar surface area (TPSA) is 234 Å². The lowest BCUT2D eigenvalue weighted by Crippen LogP contribution is -2.58. The van der Waals surface area contributed by atoms with Gasteiger partial charge < -0.3 is 42.7 Å². The molecule has 3 amide bonds. The Balaban J connectivity index is 5.57. The highest BCUT2D eigenvalue weighted by Gasteiger charge is 2.31. The molecule has 0 rings (SSSR count). The first-order valence-corrected chi connectivity index (χ1v) is 10.8. The van der Waals surface area contributed by atoms with Crippen LogP contribution in [0.4, 0.5) is 0 Å². The Hall–Kier alpha value is -2.77. The van der Waals surface area contributed by atoms with Crippen molar-refractivity contribution in [3.05, 3.63) is 0 Å². The predicted octanol–water partition coefficient (Wildman–Crippen LogP) is -2.12. The third-order valence-electron chi connectivity index (χ3n) is 4.91. The van der Waals surface area contributed by atoms with Gasteiger partial charge in [0.1, 0.15) is 24.2 Å². The van der Waals surface area contributed by atoms with E-state index in [-0.39, 0.29) is 12.8 Å². The number of rotatable bonds is 16. The Morgan fingerprint density at radius 1 is 0.818 bits per heavy atom. The quantitative estimate of drug-likeness (QED) is 0.113. The number of aliphatic carboxylic acids is 2. The number of carboxylic acid groups (broad SMARTS) is 2. The number of carboxylic acids is 2. The number of nitrogens with one attached hydrogen (secondary N) is 3. The number of amides is 3. The third kappa shape index (κ3) is 11.6.